The van der Waals surface area contributed by atoms with Crippen LogP contribution in [0.4, 0.5) is 5.69 Å². The maximum Gasteiger partial charge on any atom is 0.0492 e. The second-order valence-corrected chi connectivity index (χ2v) is 6.18. The van der Waals surface area contributed by atoms with Crippen LogP contribution >= 0.6 is 24.0 Å². The quantitative estimate of drug-likeness (QED) is 0.715. The molecule has 0 bridgehead atoms. The summed E-state index contributed by atoms with van der Waals surface area (Å²) >= 11 is 6.17. The number of rotatable bonds is 4. The first-order chi connectivity index (χ1) is 10.1. The predicted octanol–water partition coefficient (Wildman–Crippen LogP) is 4.40. The van der Waals surface area contributed by atoms with Crippen molar-refractivity contribution in [3.63, 3.8) is 0 Å². The molecule has 0 radical (unpaired) electrons. The van der Waals surface area contributed by atoms with Gasteiger partial charge in [0, 0.05) is 39.1 Å². The Morgan fingerprint density at radius 2 is 1.68 bits per heavy atom. The SMILES string of the molecule is CN(C)CCCn1c2ccc(N)cc2c2cc(Cl)ccc21.Cl. The molecule has 2 N–H and O–H groups in total. The normalized spacial score (nSPS) is 11.3. The van der Waals surface area contributed by atoms with E-state index in [2.05, 4.69) is 35.7 Å². The maximum atomic E-state index is 6.17. The molecule has 0 fully saturated rings. The Balaban J connectivity index is 0.00000176. The lowest BCUT2D eigenvalue weighted by molar-refractivity contribution is 0.389. The zero-order valence-electron chi connectivity index (χ0n) is 12.8. The molecule has 0 aliphatic heterocycles. The van der Waals surface area contributed by atoms with Gasteiger partial charge in [0.1, 0.15) is 0 Å². The maximum absolute atomic E-state index is 6.17. The summed E-state index contributed by atoms with van der Waals surface area (Å²) < 4.78 is 2.37. The van der Waals surface area contributed by atoms with E-state index in [1.54, 1.807) is 0 Å². The van der Waals surface area contributed by atoms with Crippen LogP contribution in [0.5, 0.6) is 0 Å². The van der Waals surface area contributed by atoms with E-state index in [0.717, 1.165) is 30.2 Å². The van der Waals surface area contributed by atoms with Crippen LogP contribution in [0.15, 0.2) is 36.4 Å². The van der Waals surface area contributed by atoms with Crippen LogP contribution in [0.1, 0.15) is 6.42 Å². The van der Waals surface area contributed by atoms with E-state index in [4.69, 9.17) is 17.3 Å². The number of aryl methyl sites for hydroxylation is 1. The number of nitrogens with zero attached hydrogens (tertiary/aromatic N) is 2. The lowest BCUT2D eigenvalue weighted by Gasteiger charge is -2.11. The van der Waals surface area contributed by atoms with Gasteiger partial charge in [-0.15, -0.1) is 12.4 Å². The van der Waals surface area contributed by atoms with Crippen molar-refractivity contribution >= 4 is 51.5 Å². The van der Waals surface area contributed by atoms with Crippen LogP contribution in [0.25, 0.3) is 21.8 Å². The smallest absolute Gasteiger partial charge is 0.0492 e. The monoisotopic (exact) mass is 337 g/mol. The minimum absolute atomic E-state index is 0. The summed E-state index contributed by atoms with van der Waals surface area (Å²) in [4.78, 5) is 2.21. The van der Waals surface area contributed by atoms with Gasteiger partial charge in [0.05, 0.1) is 0 Å². The Labute approximate surface area is 142 Å². The van der Waals surface area contributed by atoms with Gasteiger partial charge < -0.3 is 15.2 Å². The molecule has 0 saturated carbocycles. The molecule has 5 heteroatoms. The summed E-state index contributed by atoms with van der Waals surface area (Å²) in [5, 5.41) is 3.12. The summed E-state index contributed by atoms with van der Waals surface area (Å²) in [5.74, 6) is 0. The van der Waals surface area contributed by atoms with Gasteiger partial charge in [-0.05, 0) is 63.5 Å². The Morgan fingerprint density at radius 3 is 2.36 bits per heavy atom. The molecule has 0 unspecified atom stereocenters. The summed E-state index contributed by atoms with van der Waals surface area (Å²) in [5.41, 5.74) is 9.18. The number of benzene rings is 2. The number of nitrogen functional groups attached to an aromatic ring is 1. The number of hydrogen-bond acceptors (Lipinski definition) is 2. The molecule has 2 aromatic carbocycles. The highest BCUT2D eigenvalue weighted by molar-refractivity contribution is 6.31. The van der Waals surface area contributed by atoms with Crippen LogP contribution in [-0.4, -0.2) is 30.1 Å². The number of aromatic nitrogens is 1. The average molecular weight is 338 g/mol. The Morgan fingerprint density at radius 1 is 1.05 bits per heavy atom. The minimum atomic E-state index is 0. The minimum Gasteiger partial charge on any atom is -0.399 e. The van der Waals surface area contributed by atoms with Crippen molar-refractivity contribution in [2.75, 3.05) is 26.4 Å². The summed E-state index contributed by atoms with van der Waals surface area (Å²) in [6, 6.07) is 12.2. The Hall–Kier alpha value is -1.42. The van der Waals surface area contributed by atoms with E-state index in [-0.39, 0.29) is 12.4 Å². The van der Waals surface area contributed by atoms with E-state index in [1.165, 1.54) is 21.8 Å². The lowest BCUT2D eigenvalue weighted by atomic mass is 10.1. The zero-order valence-corrected chi connectivity index (χ0v) is 14.4. The molecule has 0 amide bonds. The molecule has 0 spiro atoms. The van der Waals surface area contributed by atoms with Crippen LogP contribution in [0.3, 0.4) is 0 Å². The van der Waals surface area contributed by atoms with Crippen LogP contribution in [0.2, 0.25) is 5.02 Å². The first-order valence-corrected chi connectivity index (χ1v) is 7.56. The highest BCUT2D eigenvalue weighted by Crippen LogP contribution is 2.32. The number of fused-ring (bicyclic) bond motifs is 3. The second kappa shape index (κ2) is 6.78. The van der Waals surface area contributed by atoms with Crippen molar-refractivity contribution in [3.8, 4) is 0 Å². The van der Waals surface area contributed by atoms with Gasteiger partial charge in [0.25, 0.3) is 0 Å². The van der Waals surface area contributed by atoms with Crippen molar-refractivity contribution in [1.29, 1.82) is 0 Å². The summed E-state index contributed by atoms with van der Waals surface area (Å²) in [6.07, 6.45) is 1.11. The number of halogens is 2. The highest BCUT2D eigenvalue weighted by atomic mass is 35.5. The molecule has 118 valence electrons. The third kappa shape index (κ3) is 3.17. The largest absolute Gasteiger partial charge is 0.399 e. The molecular weight excluding hydrogens is 317 g/mol. The Bertz CT molecular complexity index is 734. The first kappa shape index (κ1) is 16.9. The summed E-state index contributed by atoms with van der Waals surface area (Å²) in [6.45, 7) is 2.06. The Kier molecular flexibility index (Phi) is 5.22. The summed E-state index contributed by atoms with van der Waals surface area (Å²) in [7, 11) is 4.21. The molecule has 0 aliphatic rings. The molecule has 1 heterocycles. The van der Waals surface area contributed by atoms with Gasteiger partial charge >= 0.3 is 0 Å². The topological polar surface area (TPSA) is 34.2 Å². The van der Waals surface area contributed by atoms with Gasteiger partial charge in [-0.2, -0.15) is 0 Å². The standard InChI is InChI=1S/C17H20ClN3.ClH/c1-20(2)8-3-9-21-16-6-4-12(18)10-14(16)15-11-13(19)5-7-17(15)21;/h4-7,10-11H,3,8-9,19H2,1-2H3;1H. The van der Waals surface area contributed by atoms with E-state index in [9.17, 15) is 0 Å². The molecule has 3 nitrogen and oxygen atoms in total. The second-order valence-electron chi connectivity index (χ2n) is 5.75. The molecule has 0 atom stereocenters. The van der Waals surface area contributed by atoms with Crippen molar-refractivity contribution in [1.82, 2.24) is 9.47 Å². The molecule has 0 saturated heterocycles. The van der Waals surface area contributed by atoms with Crippen molar-refractivity contribution in [2.24, 2.45) is 0 Å². The van der Waals surface area contributed by atoms with E-state index >= 15 is 0 Å². The van der Waals surface area contributed by atoms with Gasteiger partial charge in [-0.25, -0.2) is 0 Å². The lowest BCUT2D eigenvalue weighted by Crippen LogP contribution is -2.15. The van der Waals surface area contributed by atoms with Gasteiger partial charge in [0.2, 0.25) is 0 Å². The molecular formula is C17H21Cl2N3. The van der Waals surface area contributed by atoms with E-state index < -0.39 is 0 Å². The van der Waals surface area contributed by atoms with Crippen LogP contribution in [0, 0.1) is 0 Å². The van der Waals surface area contributed by atoms with E-state index in [1.807, 2.05) is 24.3 Å². The zero-order chi connectivity index (χ0) is 15.0. The fraction of sp³-hybridized carbons (Fsp3) is 0.294. The van der Waals surface area contributed by atoms with Crippen LogP contribution in [-0.2, 0) is 6.54 Å². The highest BCUT2D eigenvalue weighted by Gasteiger charge is 2.11. The first-order valence-electron chi connectivity index (χ1n) is 7.18. The fourth-order valence-electron chi connectivity index (χ4n) is 2.88. The van der Waals surface area contributed by atoms with Crippen LogP contribution < -0.4 is 5.73 Å². The third-order valence-electron chi connectivity index (χ3n) is 3.84. The number of anilines is 1. The number of nitrogens with two attached hydrogens (primary N) is 1. The number of hydrogen-bond donors (Lipinski definition) is 1. The van der Waals surface area contributed by atoms with Gasteiger partial charge in [-0.3, -0.25) is 0 Å². The molecule has 3 aromatic rings. The molecule has 22 heavy (non-hydrogen) atoms. The van der Waals surface area contributed by atoms with Crippen molar-refractivity contribution in [3.05, 3.63) is 41.4 Å². The van der Waals surface area contributed by atoms with Gasteiger partial charge in [-0.1, -0.05) is 11.6 Å². The molecule has 0 aliphatic carbocycles. The predicted molar refractivity (Wildman–Crippen MR) is 99.3 cm³/mol. The molecule has 3 rings (SSSR count). The molecule has 1 aromatic heterocycles. The van der Waals surface area contributed by atoms with E-state index in [0.29, 0.717) is 0 Å². The van der Waals surface area contributed by atoms with Gasteiger partial charge in [0.15, 0.2) is 0 Å². The third-order valence-corrected chi connectivity index (χ3v) is 4.07. The fourth-order valence-corrected chi connectivity index (χ4v) is 3.05. The average Bonchev–Trinajstić information content (AvgIpc) is 2.72. The van der Waals surface area contributed by atoms with Crippen molar-refractivity contribution in [2.45, 2.75) is 13.0 Å². The van der Waals surface area contributed by atoms with Crippen molar-refractivity contribution < 1.29 is 0 Å².